The van der Waals surface area contributed by atoms with Crippen LogP contribution in [0.25, 0.3) is 0 Å². The van der Waals surface area contributed by atoms with Crippen LogP contribution in [0.3, 0.4) is 0 Å². The largest absolute Gasteiger partial charge is 0.480 e. The van der Waals surface area contributed by atoms with Gasteiger partial charge in [0.15, 0.2) is 0 Å². The first kappa shape index (κ1) is 17.9. The maximum Gasteiger partial charge on any atom is 0.326 e. The molecule has 19 heavy (non-hydrogen) atoms. The second-order valence-corrected chi connectivity index (χ2v) is 5.41. The van der Waals surface area contributed by atoms with Crippen LogP contribution in [-0.4, -0.2) is 40.3 Å². The van der Waals surface area contributed by atoms with E-state index in [0.717, 1.165) is 12.8 Å². The Morgan fingerprint density at radius 3 is 2.32 bits per heavy atom. The topological polar surface area (TPSA) is 74.7 Å². The molecule has 1 fully saturated rings. The number of hydrogen-bond acceptors (Lipinski definition) is 3. The van der Waals surface area contributed by atoms with E-state index in [2.05, 4.69) is 0 Å². The molecule has 5 nitrogen and oxygen atoms in total. The number of carboxylic acids is 1. The third-order valence-electron chi connectivity index (χ3n) is 3.74. The first-order valence-electron chi connectivity index (χ1n) is 6.39. The van der Waals surface area contributed by atoms with Gasteiger partial charge in [0, 0.05) is 12.0 Å². The summed E-state index contributed by atoms with van der Waals surface area (Å²) in [5.41, 5.74) is -0.725. The summed E-state index contributed by atoms with van der Waals surface area (Å²) in [5.74, 6) is -2.16. The normalized spacial score (nSPS) is 19.5. The average molecular weight is 292 g/mol. The Labute approximate surface area is 119 Å². The third kappa shape index (κ3) is 3.93. The molecule has 0 unspecified atom stereocenters. The number of ketones is 1. The highest BCUT2D eigenvalue weighted by atomic mass is 35.5. The van der Waals surface area contributed by atoms with Gasteiger partial charge in [-0.1, -0.05) is 20.8 Å². The van der Waals surface area contributed by atoms with Gasteiger partial charge >= 0.3 is 5.97 Å². The SMILES string of the molecule is CCC(C)(C)C(=O)C(=O)N1CCCC[C@H]1C(=O)O.Cl. The summed E-state index contributed by atoms with van der Waals surface area (Å²) in [4.78, 5) is 36.5. The molecule has 0 aliphatic carbocycles. The fraction of sp³-hybridized carbons (Fsp3) is 0.769. The quantitative estimate of drug-likeness (QED) is 0.803. The van der Waals surface area contributed by atoms with Gasteiger partial charge in [0.2, 0.25) is 5.78 Å². The van der Waals surface area contributed by atoms with E-state index in [0.29, 0.717) is 19.4 Å². The van der Waals surface area contributed by atoms with Crippen molar-refractivity contribution in [2.24, 2.45) is 5.41 Å². The van der Waals surface area contributed by atoms with Gasteiger partial charge in [-0.3, -0.25) is 9.59 Å². The fourth-order valence-electron chi connectivity index (χ4n) is 2.01. The number of rotatable bonds is 4. The standard InChI is InChI=1S/C13H21NO4.ClH/c1-4-13(2,3)10(15)11(16)14-8-6-5-7-9(14)12(17)18;/h9H,4-8H2,1-3H3,(H,17,18);1H/t9-;/m0./s1. The molecule has 0 aromatic carbocycles. The Morgan fingerprint density at radius 1 is 1.26 bits per heavy atom. The number of aliphatic carboxylic acids is 1. The van der Waals surface area contributed by atoms with Gasteiger partial charge in [0.25, 0.3) is 5.91 Å². The fourth-order valence-corrected chi connectivity index (χ4v) is 2.01. The van der Waals surface area contributed by atoms with Crippen molar-refractivity contribution in [3.63, 3.8) is 0 Å². The van der Waals surface area contributed by atoms with Crippen molar-refractivity contribution < 1.29 is 19.5 Å². The Kier molecular flexibility index (Phi) is 6.49. The molecule has 6 heteroatoms. The first-order valence-corrected chi connectivity index (χ1v) is 6.39. The summed E-state index contributed by atoms with van der Waals surface area (Å²) in [6.07, 6.45) is 2.53. The summed E-state index contributed by atoms with van der Waals surface area (Å²) in [7, 11) is 0. The van der Waals surface area contributed by atoms with E-state index in [1.54, 1.807) is 13.8 Å². The van der Waals surface area contributed by atoms with Crippen LogP contribution >= 0.6 is 12.4 Å². The minimum Gasteiger partial charge on any atom is -0.480 e. The summed E-state index contributed by atoms with van der Waals surface area (Å²) < 4.78 is 0. The van der Waals surface area contributed by atoms with E-state index in [9.17, 15) is 14.4 Å². The molecule has 1 atom stereocenters. The van der Waals surface area contributed by atoms with E-state index in [-0.39, 0.29) is 12.4 Å². The average Bonchev–Trinajstić information content (AvgIpc) is 2.36. The van der Waals surface area contributed by atoms with Gasteiger partial charge in [-0.25, -0.2) is 4.79 Å². The smallest absolute Gasteiger partial charge is 0.326 e. The molecule has 110 valence electrons. The second-order valence-electron chi connectivity index (χ2n) is 5.41. The molecule has 1 aliphatic heterocycles. The number of piperidine rings is 1. The van der Waals surface area contributed by atoms with Crippen LogP contribution in [0.2, 0.25) is 0 Å². The monoisotopic (exact) mass is 291 g/mol. The van der Waals surface area contributed by atoms with Crippen LogP contribution in [0, 0.1) is 5.41 Å². The molecule has 0 saturated carbocycles. The van der Waals surface area contributed by atoms with Crippen LogP contribution in [0.5, 0.6) is 0 Å². The van der Waals surface area contributed by atoms with Crippen LogP contribution in [0.4, 0.5) is 0 Å². The molecule has 1 heterocycles. The van der Waals surface area contributed by atoms with Gasteiger partial charge in [-0.15, -0.1) is 12.4 Å². The summed E-state index contributed by atoms with van der Waals surface area (Å²) in [6.45, 7) is 5.64. The molecular formula is C13H22ClNO4. The number of carbonyl (C=O) groups is 3. The van der Waals surface area contributed by atoms with Crippen molar-refractivity contribution >= 4 is 30.1 Å². The van der Waals surface area contributed by atoms with Crippen LogP contribution < -0.4 is 0 Å². The van der Waals surface area contributed by atoms with Gasteiger partial charge in [0.05, 0.1) is 0 Å². The molecule has 0 aromatic rings. The number of hydrogen-bond donors (Lipinski definition) is 1. The van der Waals surface area contributed by atoms with Crippen molar-refractivity contribution in [1.82, 2.24) is 4.90 Å². The molecule has 0 radical (unpaired) electrons. The van der Waals surface area contributed by atoms with Crippen molar-refractivity contribution in [2.75, 3.05) is 6.54 Å². The molecular weight excluding hydrogens is 270 g/mol. The molecule has 1 rings (SSSR count). The summed E-state index contributed by atoms with van der Waals surface area (Å²) in [5, 5.41) is 9.09. The van der Waals surface area contributed by atoms with Crippen LogP contribution in [0.1, 0.15) is 46.5 Å². The lowest BCUT2D eigenvalue weighted by Gasteiger charge is -2.34. The Hall–Kier alpha value is -1.10. The van der Waals surface area contributed by atoms with Gasteiger partial charge in [-0.05, 0) is 25.7 Å². The zero-order valence-electron chi connectivity index (χ0n) is 11.6. The van der Waals surface area contributed by atoms with E-state index < -0.39 is 29.1 Å². The predicted molar refractivity (Wildman–Crippen MR) is 73.3 cm³/mol. The third-order valence-corrected chi connectivity index (χ3v) is 3.74. The predicted octanol–water partition coefficient (Wildman–Crippen LogP) is 1.88. The van der Waals surface area contributed by atoms with Gasteiger partial charge < -0.3 is 10.0 Å². The zero-order chi connectivity index (χ0) is 13.9. The Balaban J connectivity index is 0.00000324. The molecule has 0 aromatic heterocycles. The van der Waals surface area contributed by atoms with E-state index >= 15 is 0 Å². The highest BCUT2D eigenvalue weighted by Crippen LogP contribution is 2.25. The Bertz CT molecular complexity index is 368. The van der Waals surface area contributed by atoms with Crippen molar-refractivity contribution in [3.05, 3.63) is 0 Å². The number of amides is 1. The molecule has 1 aliphatic rings. The number of Topliss-reactive ketones (excluding diaryl/α,β-unsaturated/α-hetero) is 1. The maximum absolute atomic E-state index is 12.1. The summed E-state index contributed by atoms with van der Waals surface area (Å²) in [6, 6.07) is -0.845. The lowest BCUT2D eigenvalue weighted by molar-refractivity contribution is -0.158. The van der Waals surface area contributed by atoms with Crippen molar-refractivity contribution in [3.8, 4) is 0 Å². The van der Waals surface area contributed by atoms with Gasteiger partial charge in [-0.2, -0.15) is 0 Å². The number of carboxylic acid groups (broad SMARTS) is 1. The Morgan fingerprint density at radius 2 is 1.84 bits per heavy atom. The maximum atomic E-state index is 12.1. The number of nitrogens with zero attached hydrogens (tertiary/aromatic N) is 1. The molecule has 1 N–H and O–H groups in total. The minimum absolute atomic E-state index is 0. The molecule has 1 saturated heterocycles. The van der Waals surface area contributed by atoms with Crippen molar-refractivity contribution in [2.45, 2.75) is 52.5 Å². The first-order chi connectivity index (χ1) is 8.31. The summed E-state index contributed by atoms with van der Waals surface area (Å²) >= 11 is 0. The van der Waals surface area contributed by atoms with Crippen molar-refractivity contribution in [1.29, 1.82) is 0 Å². The van der Waals surface area contributed by atoms with Gasteiger partial charge in [0.1, 0.15) is 6.04 Å². The van der Waals surface area contributed by atoms with E-state index in [4.69, 9.17) is 5.11 Å². The number of halogens is 1. The zero-order valence-corrected chi connectivity index (χ0v) is 12.5. The molecule has 0 bridgehead atoms. The number of carbonyl (C=O) groups excluding carboxylic acids is 2. The molecule has 1 amide bonds. The van der Waals surface area contributed by atoms with E-state index in [1.165, 1.54) is 4.90 Å². The van der Waals surface area contributed by atoms with E-state index in [1.807, 2.05) is 6.92 Å². The lowest BCUT2D eigenvalue weighted by Crippen LogP contribution is -2.52. The minimum atomic E-state index is -1.02. The highest BCUT2D eigenvalue weighted by Gasteiger charge is 2.39. The van der Waals surface area contributed by atoms with Crippen LogP contribution in [-0.2, 0) is 14.4 Å². The highest BCUT2D eigenvalue weighted by molar-refractivity contribution is 6.38. The molecule has 0 spiro atoms. The second kappa shape index (κ2) is 6.89. The van der Waals surface area contributed by atoms with Crippen LogP contribution in [0.15, 0.2) is 0 Å². The number of likely N-dealkylation sites (tertiary alicyclic amines) is 1. The lowest BCUT2D eigenvalue weighted by atomic mass is 9.84.